The Bertz CT molecular complexity index is 1230. The van der Waals surface area contributed by atoms with Crippen molar-refractivity contribution in [3.8, 4) is 5.75 Å². The van der Waals surface area contributed by atoms with E-state index in [0.717, 1.165) is 16.9 Å². The van der Waals surface area contributed by atoms with E-state index < -0.39 is 17.7 Å². The quantitative estimate of drug-likeness (QED) is 0.234. The fourth-order valence-electron chi connectivity index (χ4n) is 4.38. The standard InChI is InChI=1S/C31H40ClN3O5S/c1-6-7-8-9-10-19-39-24-13-14-25(23(2)21-24)35(27(36)22-32)28(26-12-11-20-41-26)29(37)33-15-17-34(18-16-33)30(38)40-31(3,4)5/h7-14,20-21,28H,6,15-19,22H2,1-5H3/b8-7-,10-9-/t28-/m0/s1. The molecular formula is C31H40ClN3O5S. The number of anilines is 1. The summed E-state index contributed by atoms with van der Waals surface area (Å²) < 4.78 is 11.3. The zero-order valence-corrected chi connectivity index (χ0v) is 26.0. The molecule has 0 spiro atoms. The topological polar surface area (TPSA) is 79.4 Å². The van der Waals surface area contributed by atoms with Gasteiger partial charge in [-0.3, -0.25) is 14.5 Å². The second kappa shape index (κ2) is 15.1. The summed E-state index contributed by atoms with van der Waals surface area (Å²) in [6, 6.07) is 8.26. The predicted molar refractivity (Wildman–Crippen MR) is 165 cm³/mol. The molecule has 0 unspecified atom stereocenters. The molecule has 1 aliphatic heterocycles. The van der Waals surface area contributed by atoms with Crippen LogP contribution < -0.4 is 9.64 Å². The number of hydrogen-bond acceptors (Lipinski definition) is 6. The highest BCUT2D eigenvalue weighted by Gasteiger charge is 2.38. The van der Waals surface area contributed by atoms with Crippen LogP contribution in [-0.4, -0.2) is 72.0 Å². The van der Waals surface area contributed by atoms with Crippen LogP contribution in [0.5, 0.6) is 5.75 Å². The van der Waals surface area contributed by atoms with Gasteiger partial charge in [-0.2, -0.15) is 0 Å². The number of piperazine rings is 1. The highest BCUT2D eigenvalue weighted by atomic mass is 35.5. The van der Waals surface area contributed by atoms with Crippen LogP contribution >= 0.6 is 22.9 Å². The van der Waals surface area contributed by atoms with Crippen LogP contribution in [0.25, 0.3) is 0 Å². The van der Waals surface area contributed by atoms with Gasteiger partial charge in [0, 0.05) is 36.7 Å². The molecule has 1 atom stereocenters. The third-order valence-electron chi connectivity index (χ3n) is 6.32. The molecule has 0 bridgehead atoms. The largest absolute Gasteiger partial charge is 0.490 e. The average Bonchev–Trinajstić information content (AvgIpc) is 3.47. The monoisotopic (exact) mass is 601 g/mol. The van der Waals surface area contributed by atoms with Gasteiger partial charge in [-0.15, -0.1) is 22.9 Å². The number of aryl methyl sites for hydroxylation is 1. The van der Waals surface area contributed by atoms with Crippen molar-refractivity contribution in [3.05, 3.63) is 70.5 Å². The molecule has 2 heterocycles. The van der Waals surface area contributed by atoms with Crippen LogP contribution in [0.1, 0.15) is 50.6 Å². The summed E-state index contributed by atoms with van der Waals surface area (Å²) in [4.78, 5) is 45.5. The highest BCUT2D eigenvalue weighted by Crippen LogP contribution is 2.35. The lowest BCUT2D eigenvalue weighted by Gasteiger charge is -2.39. The van der Waals surface area contributed by atoms with Gasteiger partial charge >= 0.3 is 6.09 Å². The summed E-state index contributed by atoms with van der Waals surface area (Å²) >= 11 is 7.50. The smallest absolute Gasteiger partial charge is 0.410 e. The molecule has 222 valence electrons. The van der Waals surface area contributed by atoms with E-state index in [1.54, 1.807) is 21.9 Å². The molecule has 8 nitrogen and oxygen atoms in total. The Kier molecular flexibility index (Phi) is 11.8. The Morgan fingerprint density at radius 1 is 1.07 bits per heavy atom. The number of halogens is 1. The maximum absolute atomic E-state index is 14.1. The van der Waals surface area contributed by atoms with Gasteiger partial charge < -0.3 is 19.3 Å². The van der Waals surface area contributed by atoms with Crippen molar-refractivity contribution in [1.82, 2.24) is 9.80 Å². The van der Waals surface area contributed by atoms with Crippen LogP contribution in [0.15, 0.2) is 60.0 Å². The van der Waals surface area contributed by atoms with Crippen molar-refractivity contribution in [2.24, 2.45) is 0 Å². The molecule has 3 amide bonds. The molecule has 1 aromatic heterocycles. The lowest BCUT2D eigenvalue weighted by Crippen LogP contribution is -2.54. The van der Waals surface area contributed by atoms with Gasteiger partial charge in [0.1, 0.15) is 29.9 Å². The van der Waals surface area contributed by atoms with Crippen molar-refractivity contribution < 1.29 is 23.9 Å². The van der Waals surface area contributed by atoms with E-state index in [1.807, 2.05) is 69.5 Å². The maximum atomic E-state index is 14.1. The van der Waals surface area contributed by atoms with E-state index in [0.29, 0.717) is 44.2 Å². The molecule has 1 aliphatic rings. The number of thiophene rings is 1. The molecule has 3 rings (SSSR count). The molecule has 0 N–H and O–H groups in total. The summed E-state index contributed by atoms with van der Waals surface area (Å²) in [5.41, 5.74) is 0.765. The number of carbonyl (C=O) groups is 3. The Hall–Kier alpha value is -3.30. The number of ether oxygens (including phenoxy) is 2. The van der Waals surface area contributed by atoms with Gasteiger partial charge in [0.15, 0.2) is 0 Å². The Labute approximate surface area is 252 Å². The molecule has 2 aromatic rings. The van der Waals surface area contributed by atoms with E-state index in [9.17, 15) is 14.4 Å². The van der Waals surface area contributed by atoms with Crippen LogP contribution in [0.4, 0.5) is 10.5 Å². The third-order valence-corrected chi connectivity index (χ3v) is 7.48. The van der Waals surface area contributed by atoms with Gasteiger partial charge in [0.2, 0.25) is 5.91 Å². The first kappa shape index (κ1) is 32.2. The number of carbonyl (C=O) groups excluding carboxylic acids is 3. The number of benzene rings is 1. The lowest BCUT2D eigenvalue weighted by atomic mass is 10.1. The Morgan fingerprint density at radius 3 is 2.34 bits per heavy atom. The van der Waals surface area contributed by atoms with Crippen molar-refractivity contribution in [2.75, 3.05) is 43.6 Å². The predicted octanol–water partition coefficient (Wildman–Crippen LogP) is 6.35. The van der Waals surface area contributed by atoms with Gasteiger partial charge in [0.25, 0.3) is 5.91 Å². The first-order chi connectivity index (χ1) is 19.6. The molecular weight excluding hydrogens is 562 g/mol. The van der Waals surface area contributed by atoms with Gasteiger partial charge in [-0.05, 0) is 75.4 Å². The summed E-state index contributed by atoms with van der Waals surface area (Å²) in [6.45, 7) is 11.2. The fourth-order valence-corrected chi connectivity index (χ4v) is 5.31. The van der Waals surface area contributed by atoms with Crippen molar-refractivity contribution in [3.63, 3.8) is 0 Å². The minimum absolute atomic E-state index is 0.222. The van der Waals surface area contributed by atoms with E-state index in [2.05, 4.69) is 13.0 Å². The van der Waals surface area contributed by atoms with Gasteiger partial charge in [-0.25, -0.2) is 4.79 Å². The normalized spacial score (nSPS) is 14.9. The summed E-state index contributed by atoms with van der Waals surface area (Å²) in [5, 5.41) is 1.88. The molecule has 0 saturated carbocycles. The van der Waals surface area contributed by atoms with Crippen LogP contribution in [0.2, 0.25) is 0 Å². The van der Waals surface area contributed by atoms with Gasteiger partial charge in [-0.1, -0.05) is 31.2 Å². The summed E-state index contributed by atoms with van der Waals surface area (Å²) in [6.07, 6.45) is 8.48. The number of hydrogen-bond donors (Lipinski definition) is 0. The minimum atomic E-state index is -0.895. The number of alkyl halides is 1. The lowest BCUT2D eigenvalue weighted by molar-refractivity contribution is -0.136. The Balaban J connectivity index is 1.83. The highest BCUT2D eigenvalue weighted by molar-refractivity contribution is 7.10. The molecule has 0 aliphatic carbocycles. The number of nitrogens with zero attached hydrogens (tertiary/aromatic N) is 3. The van der Waals surface area contributed by atoms with Crippen molar-refractivity contribution in [1.29, 1.82) is 0 Å². The zero-order valence-electron chi connectivity index (χ0n) is 24.5. The Morgan fingerprint density at radius 2 is 1.76 bits per heavy atom. The number of amides is 3. The SMILES string of the molecule is CC/C=C\C=C/COc1ccc(N(C(=O)CCl)[C@H](C(=O)N2CCN(C(=O)OC(C)(C)C)CC2)c2cccs2)c(C)c1. The third kappa shape index (κ3) is 9.10. The maximum Gasteiger partial charge on any atom is 0.410 e. The van der Waals surface area contributed by atoms with E-state index in [1.165, 1.54) is 16.2 Å². The molecule has 1 aromatic carbocycles. The van der Waals surface area contributed by atoms with Crippen LogP contribution in [0, 0.1) is 6.92 Å². The van der Waals surface area contributed by atoms with Gasteiger partial charge in [0.05, 0.1) is 0 Å². The van der Waals surface area contributed by atoms with Crippen LogP contribution in [0.3, 0.4) is 0 Å². The average molecular weight is 602 g/mol. The zero-order chi connectivity index (χ0) is 30.0. The summed E-state index contributed by atoms with van der Waals surface area (Å²) in [7, 11) is 0. The molecule has 41 heavy (non-hydrogen) atoms. The number of rotatable bonds is 10. The molecule has 1 fully saturated rings. The summed E-state index contributed by atoms with van der Waals surface area (Å²) in [5.74, 6) is -0.228. The van der Waals surface area contributed by atoms with E-state index in [4.69, 9.17) is 21.1 Å². The first-order valence-electron chi connectivity index (χ1n) is 13.8. The second-order valence-electron chi connectivity index (χ2n) is 10.6. The molecule has 0 radical (unpaired) electrons. The second-order valence-corrected chi connectivity index (χ2v) is 11.9. The molecule has 10 heteroatoms. The number of allylic oxidation sites excluding steroid dienone is 3. The first-order valence-corrected chi connectivity index (χ1v) is 15.2. The van der Waals surface area contributed by atoms with E-state index >= 15 is 0 Å². The van der Waals surface area contributed by atoms with Crippen LogP contribution in [-0.2, 0) is 14.3 Å². The van der Waals surface area contributed by atoms with Crippen molar-refractivity contribution >= 4 is 46.5 Å². The van der Waals surface area contributed by atoms with E-state index in [-0.39, 0.29) is 17.7 Å². The van der Waals surface area contributed by atoms with Crippen molar-refractivity contribution in [2.45, 2.75) is 52.7 Å². The minimum Gasteiger partial charge on any atom is -0.490 e. The molecule has 1 saturated heterocycles. The fraction of sp³-hybridized carbons (Fsp3) is 0.452.